The van der Waals surface area contributed by atoms with Crippen LogP contribution in [0.25, 0.3) is 0 Å². The fourth-order valence-electron chi connectivity index (χ4n) is 5.50. The molecule has 0 bridgehead atoms. The third-order valence-corrected chi connectivity index (χ3v) is 8.59. The number of amides is 1. The van der Waals surface area contributed by atoms with Crippen molar-refractivity contribution in [3.63, 3.8) is 0 Å². The number of thioether (sulfide) groups is 1. The van der Waals surface area contributed by atoms with E-state index in [2.05, 4.69) is 12.1 Å². The highest BCUT2D eigenvalue weighted by molar-refractivity contribution is 8.13. The average molecular weight is 562 g/mol. The molecule has 5 rings (SSSR count). The summed E-state index contributed by atoms with van der Waals surface area (Å²) in [5, 5.41) is -0.0231. The minimum absolute atomic E-state index is 0.0231. The summed E-state index contributed by atoms with van der Waals surface area (Å²) in [6.07, 6.45) is 1.81. The number of nitrogens with zero attached hydrogens (tertiary/aromatic N) is 1. The summed E-state index contributed by atoms with van der Waals surface area (Å²) in [7, 11) is 3.25. The van der Waals surface area contributed by atoms with Gasteiger partial charge in [0.05, 0.1) is 24.8 Å². The topological polar surface area (TPSA) is 74.3 Å². The Hall–Kier alpha value is -3.33. The fraction of sp³-hybridized carbons (Fsp3) is 0.375. The van der Waals surface area contributed by atoms with Gasteiger partial charge in [-0.25, -0.2) is 4.79 Å². The van der Waals surface area contributed by atoms with Gasteiger partial charge in [-0.2, -0.15) is 0 Å². The lowest BCUT2D eigenvalue weighted by Gasteiger charge is -2.48. The summed E-state index contributed by atoms with van der Waals surface area (Å²) >= 11 is 1.27. The lowest BCUT2D eigenvalue weighted by atomic mass is 9.90. The van der Waals surface area contributed by atoms with Crippen LogP contribution in [0.1, 0.15) is 40.7 Å². The Kier molecular flexibility index (Phi) is 9.09. The van der Waals surface area contributed by atoms with Gasteiger partial charge in [0.2, 0.25) is 0 Å². The summed E-state index contributed by atoms with van der Waals surface area (Å²) in [5.41, 5.74) is 2.70. The van der Waals surface area contributed by atoms with Gasteiger partial charge in [-0.05, 0) is 48.2 Å². The Bertz CT molecular complexity index is 1270. The quantitative estimate of drug-likeness (QED) is 0.277. The molecule has 4 atom stereocenters. The molecule has 40 heavy (non-hydrogen) atoms. The smallest absolute Gasteiger partial charge is 0.338 e. The van der Waals surface area contributed by atoms with Gasteiger partial charge >= 0.3 is 5.97 Å². The van der Waals surface area contributed by atoms with Gasteiger partial charge in [-0.3, -0.25) is 4.79 Å². The minimum Gasteiger partial charge on any atom is -0.497 e. The molecule has 2 saturated heterocycles. The number of ether oxygens (including phenoxy) is 4. The first-order valence-corrected chi connectivity index (χ1v) is 14.6. The molecule has 0 radical (unpaired) electrons. The Morgan fingerprint density at radius 3 is 2.35 bits per heavy atom. The van der Waals surface area contributed by atoms with Crippen molar-refractivity contribution in [1.82, 2.24) is 4.90 Å². The van der Waals surface area contributed by atoms with Crippen molar-refractivity contribution in [2.24, 2.45) is 0 Å². The van der Waals surface area contributed by atoms with Crippen molar-refractivity contribution in [1.29, 1.82) is 0 Å². The maximum absolute atomic E-state index is 13.1. The monoisotopic (exact) mass is 561 g/mol. The van der Waals surface area contributed by atoms with Crippen LogP contribution in [0.4, 0.5) is 4.79 Å². The Morgan fingerprint density at radius 1 is 0.975 bits per heavy atom. The first kappa shape index (κ1) is 28.2. The lowest BCUT2D eigenvalue weighted by molar-refractivity contribution is -0.304. The van der Waals surface area contributed by atoms with Gasteiger partial charge < -0.3 is 23.8 Å². The Labute approximate surface area is 239 Å². The van der Waals surface area contributed by atoms with Crippen LogP contribution in [0.5, 0.6) is 5.75 Å². The van der Waals surface area contributed by atoms with Gasteiger partial charge in [0.1, 0.15) is 11.9 Å². The molecule has 0 aromatic heterocycles. The first-order valence-electron chi connectivity index (χ1n) is 13.6. The summed E-state index contributed by atoms with van der Waals surface area (Å²) in [4.78, 5) is 28.0. The van der Waals surface area contributed by atoms with Crippen LogP contribution in [0.15, 0.2) is 84.9 Å². The molecule has 2 aliphatic heterocycles. The summed E-state index contributed by atoms with van der Waals surface area (Å²) in [6.45, 7) is 0.415. The largest absolute Gasteiger partial charge is 0.497 e. The molecule has 2 aliphatic rings. The van der Waals surface area contributed by atoms with Crippen LogP contribution in [0.2, 0.25) is 0 Å². The molecule has 0 spiro atoms. The predicted molar refractivity (Wildman–Crippen MR) is 154 cm³/mol. The number of benzene rings is 3. The molecule has 210 valence electrons. The van der Waals surface area contributed by atoms with Crippen LogP contribution in [-0.2, 0) is 27.2 Å². The molecular weight excluding hydrogens is 526 g/mol. The summed E-state index contributed by atoms with van der Waals surface area (Å²) < 4.78 is 24.3. The Balaban J connectivity index is 1.39. The number of hydrogen-bond acceptors (Lipinski definition) is 7. The van der Waals surface area contributed by atoms with Gasteiger partial charge in [0.15, 0.2) is 5.79 Å². The maximum atomic E-state index is 13.1. The second-order valence-corrected chi connectivity index (χ2v) is 11.2. The Morgan fingerprint density at radius 2 is 1.68 bits per heavy atom. The molecule has 7 nitrogen and oxygen atoms in total. The minimum atomic E-state index is -1.12. The highest BCUT2D eigenvalue weighted by Crippen LogP contribution is 2.43. The van der Waals surface area contributed by atoms with E-state index in [1.165, 1.54) is 17.3 Å². The van der Waals surface area contributed by atoms with Crippen LogP contribution in [0, 0.1) is 0 Å². The number of methoxy groups -OCH3 is 2. The molecule has 0 aliphatic carbocycles. The van der Waals surface area contributed by atoms with Gasteiger partial charge in [-0.15, -0.1) is 0 Å². The lowest BCUT2D eigenvalue weighted by Crippen LogP contribution is -2.60. The zero-order valence-electron chi connectivity index (χ0n) is 22.9. The zero-order valence-corrected chi connectivity index (χ0v) is 23.7. The zero-order chi connectivity index (χ0) is 28.0. The van der Waals surface area contributed by atoms with Gasteiger partial charge in [0, 0.05) is 32.2 Å². The highest BCUT2D eigenvalue weighted by atomic mass is 32.2. The van der Waals surface area contributed by atoms with Crippen molar-refractivity contribution in [2.45, 2.75) is 56.3 Å². The molecule has 3 aromatic carbocycles. The van der Waals surface area contributed by atoms with E-state index in [1.54, 1.807) is 26.4 Å². The molecule has 0 saturated carbocycles. The molecular formula is C32H35NO6S. The molecule has 2 heterocycles. The number of rotatable bonds is 10. The van der Waals surface area contributed by atoms with E-state index in [-0.39, 0.29) is 23.4 Å². The van der Waals surface area contributed by atoms with Crippen LogP contribution in [0.3, 0.4) is 0 Å². The number of aryl methyl sites for hydroxylation is 1. The third kappa shape index (κ3) is 6.52. The maximum Gasteiger partial charge on any atom is 0.338 e. The van der Waals surface area contributed by atoms with Crippen LogP contribution >= 0.6 is 11.8 Å². The summed E-state index contributed by atoms with van der Waals surface area (Å²) in [6, 6.07) is 26.6. The molecule has 3 aromatic rings. The van der Waals surface area contributed by atoms with E-state index in [0.29, 0.717) is 30.7 Å². The van der Waals surface area contributed by atoms with Crippen LogP contribution < -0.4 is 4.74 Å². The number of esters is 1. The van der Waals surface area contributed by atoms with E-state index < -0.39 is 11.9 Å². The standard InChI is InChI=1S/C32H35NO6S/c1-36-26-16-14-24(15-17-26)21-33-29(22-40-31(33)35)32(37-2)20-28(38-30(34)25-11-7-4-8-12-25)19-27(39-32)18-13-23-9-5-3-6-10-23/h3-12,14-17,27-29H,13,18-22H2,1-2H3/t27-,28-,29+,32-/m1/s1. The molecule has 8 heteroatoms. The normalized spacial score (nSPS) is 24.6. The van der Waals surface area contributed by atoms with Crippen LogP contribution in [-0.4, -0.2) is 60.1 Å². The average Bonchev–Trinajstić information content (AvgIpc) is 3.37. The molecule has 0 N–H and O–H groups in total. The van der Waals surface area contributed by atoms with E-state index >= 15 is 0 Å². The highest BCUT2D eigenvalue weighted by Gasteiger charge is 2.54. The number of carbonyl (C=O) groups is 2. The predicted octanol–water partition coefficient (Wildman–Crippen LogP) is 6.11. The molecule has 1 amide bonds. The van der Waals surface area contributed by atoms with Crippen molar-refractivity contribution in [3.8, 4) is 5.75 Å². The van der Waals surface area contributed by atoms with Crippen molar-refractivity contribution in [3.05, 3.63) is 102 Å². The second-order valence-electron chi connectivity index (χ2n) is 10.2. The van der Waals surface area contributed by atoms with Crippen molar-refractivity contribution < 1.29 is 28.5 Å². The third-order valence-electron chi connectivity index (χ3n) is 7.63. The van der Waals surface area contributed by atoms with E-state index in [0.717, 1.165) is 24.2 Å². The number of carbonyl (C=O) groups excluding carboxylic acids is 2. The summed E-state index contributed by atoms with van der Waals surface area (Å²) in [5.74, 6) is -0.206. The number of hydrogen-bond donors (Lipinski definition) is 0. The molecule has 0 unspecified atom stereocenters. The van der Waals surface area contributed by atoms with Crippen molar-refractivity contribution in [2.75, 3.05) is 20.0 Å². The fourth-order valence-corrected chi connectivity index (χ4v) is 6.60. The molecule has 2 fully saturated rings. The van der Waals surface area contributed by atoms with E-state index in [4.69, 9.17) is 18.9 Å². The first-order chi connectivity index (χ1) is 19.5. The van der Waals surface area contributed by atoms with Gasteiger partial charge in [-0.1, -0.05) is 72.4 Å². The van der Waals surface area contributed by atoms with Crippen molar-refractivity contribution >= 4 is 23.0 Å². The SMILES string of the molecule is COc1ccc(CN2C(=O)SC[C@H]2[C@@]2(OC)C[C@H](OC(=O)c3ccccc3)C[C@@H](CCc3ccccc3)O2)cc1. The van der Waals surface area contributed by atoms with Gasteiger partial charge in [0.25, 0.3) is 5.24 Å². The van der Waals surface area contributed by atoms with E-state index in [1.807, 2.05) is 65.6 Å². The van der Waals surface area contributed by atoms with E-state index in [9.17, 15) is 9.59 Å². The second kappa shape index (κ2) is 12.9.